The van der Waals surface area contributed by atoms with Crippen LogP contribution in [0.25, 0.3) is 0 Å². The number of para-hydroxylation sites is 1. The number of aliphatic imine (C=N–C) groups is 1. The van der Waals surface area contributed by atoms with Crippen LogP contribution in [-0.2, 0) is 4.79 Å². The number of hydrogen-bond donors (Lipinski definition) is 3. The van der Waals surface area contributed by atoms with E-state index in [0.717, 1.165) is 12.1 Å². The summed E-state index contributed by atoms with van der Waals surface area (Å²) < 4.78 is 0. The number of nitrogens with two attached hydrogens (primary N) is 1. The molecule has 1 atom stereocenters. The van der Waals surface area contributed by atoms with E-state index < -0.39 is 6.04 Å². The molecule has 0 bridgehead atoms. The molecule has 0 saturated heterocycles. The van der Waals surface area contributed by atoms with Gasteiger partial charge in [0.15, 0.2) is 5.96 Å². The summed E-state index contributed by atoms with van der Waals surface area (Å²) >= 11 is 0. The summed E-state index contributed by atoms with van der Waals surface area (Å²) in [5.74, 6) is 0.120. The maximum atomic E-state index is 11.6. The summed E-state index contributed by atoms with van der Waals surface area (Å²) in [4.78, 5) is 15.7. The van der Waals surface area contributed by atoms with Crippen LogP contribution >= 0.6 is 0 Å². The van der Waals surface area contributed by atoms with E-state index in [1.54, 1.807) is 6.92 Å². The van der Waals surface area contributed by atoms with Crippen molar-refractivity contribution in [2.45, 2.75) is 26.3 Å². The lowest BCUT2D eigenvalue weighted by atomic mass is 10.3. The van der Waals surface area contributed by atoms with Crippen molar-refractivity contribution in [1.29, 1.82) is 0 Å². The normalized spacial score (nSPS) is 12.9. The largest absolute Gasteiger partial charge is 0.370 e. The Hall–Kier alpha value is -2.04. The topological polar surface area (TPSA) is 79.5 Å². The van der Waals surface area contributed by atoms with Crippen LogP contribution in [0.5, 0.6) is 0 Å². The van der Waals surface area contributed by atoms with E-state index in [0.29, 0.717) is 6.54 Å². The lowest BCUT2D eigenvalue weighted by Gasteiger charge is -2.10. The molecule has 0 aliphatic carbocycles. The molecule has 1 aromatic rings. The Kier molecular flexibility index (Phi) is 5.70. The second kappa shape index (κ2) is 7.32. The molecule has 1 amide bonds. The predicted octanol–water partition coefficient (Wildman–Crippen LogP) is 1.33. The molecule has 0 fully saturated rings. The number of guanidine groups is 1. The van der Waals surface area contributed by atoms with Crippen molar-refractivity contribution in [3.63, 3.8) is 0 Å². The molecule has 5 heteroatoms. The van der Waals surface area contributed by atoms with Crippen LogP contribution in [0.15, 0.2) is 35.3 Å². The second-order valence-corrected chi connectivity index (χ2v) is 3.97. The Labute approximate surface area is 107 Å². The molecule has 5 nitrogen and oxygen atoms in total. The minimum absolute atomic E-state index is 0.116. The minimum Gasteiger partial charge on any atom is -0.370 e. The van der Waals surface area contributed by atoms with Crippen molar-refractivity contribution in [2.75, 3.05) is 11.9 Å². The van der Waals surface area contributed by atoms with Crippen molar-refractivity contribution in [1.82, 2.24) is 5.32 Å². The van der Waals surface area contributed by atoms with E-state index in [4.69, 9.17) is 5.73 Å². The lowest BCUT2D eigenvalue weighted by Crippen LogP contribution is -2.35. The fourth-order valence-corrected chi connectivity index (χ4v) is 1.36. The number of nitrogens with zero attached hydrogens (tertiary/aromatic N) is 1. The van der Waals surface area contributed by atoms with Crippen molar-refractivity contribution in [3.05, 3.63) is 30.3 Å². The highest BCUT2D eigenvalue weighted by molar-refractivity contribution is 5.94. The van der Waals surface area contributed by atoms with Crippen molar-refractivity contribution < 1.29 is 4.79 Å². The van der Waals surface area contributed by atoms with Gasteiger partial charge in [-0.2, -0.15) is 0 Å². The third-order valence-electron chi connectivity index (χ3n) is 2.31. The highest BCUT2D eigenvalue weighted by atomic mass is 16.2. The highest BCUT2D eigenvalue weighted by Crippen LogP contribution is 2.04. The van der Waals surface area contributed by atoms with E-state index in [1.807, 2.05) is 37.3 Å². The zero-order valence-corrected chi connectivity index (χ0v) is 10.8. The first kappa shape index (κ1) is 14.0. The zero-order valence-electron chi connectivity index (χ0n) is 10.8. The molecule has 1 aromatic carbocycles. The number of benzene rings is 1. The fraction of sp³-hybridized carbons (Fsp3) is 0.385. The van der Waals surface area contributed by atoms with Gasteiger partial charge in [0, 0.05) is 12.2 Å². The van der Waals surface area contributed by atoms with Gasteiger partial charge in [0.2, 0.25) is 5.91 Å². The summed E-state index contributed by atoms with van der Waals surface area (Å²) in [7, 11) is 0. The minimum atomic E-state index is -0.493. The highest BCUT2D eigenvalue weighted by Gasteiger charge is 2.10. The van der Waals surface area contributed by atoms with Gasteiger partial charge in [-0.25, -0.2) is 4.99 Å². The SMILES string of the molecule is CCCNC(=O)C(C)N=C(N)Nc1ccccc1. The molecule has 4 N–H and O–H groups in total. The van der Waals surface area contributed by atoms with Gasteiger partial charge >= 0.3 is 0 Å². The molecule has 98 valence electrons. The number of carbonyl (C=O) groups excluding carboxylic acids is 1. The van der Waals surface area contributed by atoms with Crippen LogP contribution < -0.4 is 16.4 Å². The molecule has 0 saturated carbocycles. The third-order valence-corrected chi connectivity index (χ3v) is 2.31. The third kappa shape index (κ3) is 4.86. The Morgan fingerprint density at radius 3 is 2.67 bits per heavy atom. The van der Waals surface area contributed by atoms with Gasteiger partial charge in [-0.1, -0.05) is 25.1 Å². The van der Waals surface area contributed by atoms with Crippen LogP contribution in [0.2, 0.25) is 0 Å². The monoisotopic (exact) mass is 248 g/mol. The second-order valence-electron chi connectivity index (χ2n) is 3.97. The molecular formula is C13H20N4O. The van der Waals surface area contributed by atoms with Crippen LogP contribution in [0.3, 0.4) is 0 Å². The maximum Gasteiger partial charge on any atom is 0.244 e. The summed E-state index contributed by atoms with van der Waals surface area (Å²) in [6.45, 7) is 4.37. The van der Waals surface area contributed by atoms with Gasteiger partial charge in [0.25, 0.3) is 0 Å². The Balaban J connectivity index is 2.52. The lowest BCUT2D eigenvalue weighted by molar-refractivity contribution is -0.121. The van der Waals surface area contributed by atoms with Crippen molar-refractivity contribution in [3.8, 4) is 0 Å². The van der Waals surface area contributed by atoms with Gasteiger partial charge < -0.3 is 16.4 Å². The molecule has 0 spiro atoms. The van der Waals surface area contributed by atoms with E-state index in [-0.39, 0.29) is 11.9 Å². The van der Waals surface area contributed by atoms with Gasteiger partial charge in [0.1, 0.15) is 6.04 Å². The Morgan fingerprint density at radius 2 is 2.06 bits per heavy atom. The first-order chi connectivity index (χ1) is 8.63. The molecular weight excluding hydrogens is 228 g/mol. The van der Waals surface area contributed by atoms with Crippen molar-refractivity contribution in [2.24, 2.45) is 10.7 Å². The number of anilines is 1. The molecule has 1 rings (SSSR count). The molecule has 1 unspecified atom stereocenters. The summed E-state index contributed by atoms with van der Waals surface area (Å²) in [6, 6.07) is 8.97. The Morgan fingerprint density at radius 1 is 1.39 bits per heavy atom. The van der Waals surface area contributed by atoms with Gasteiger partial charge in [-0.05, 0) is 25.5 Å². The number of nitrogens with one attached hydrogen (secondary N) is 2. The first-order valence-electron chi connectivity index (χ1n) is 6.06. The molecule has 0 heterocycles. The van der Waals surface area contributed by atoms with E-state index in [1.165, 1.54) is 0 Å². The van der Waals surface area contributed by atoms with Crippen LogP contribution in [0, 0.1) is 0 Å². The van der Waals surface area contributed by atoms with E-state index in [9.17, 15) is 4.79 Å². The maximum absolute atomic E-state index is 11.6. The van der Waals surface area contributed by atoms with Crippen molar-refractivity contribution >= 4 is 17.6 Å². The quantitative estimate of drug-likeness (QED) is 0.543. The van der Waals surface area contributed by atoms with E-state index in [2.05, 4.69) is 15.6 Å². The van der Waals surface area contributed by atoms with Gasteiger partial charge in [-0.15, -0.1) is 0 Å². The first-order valence-corrected chi connectivity index (χ1v) is 6.06. The smallest absolute Gasteiger partial charge is 0.244 e. The fourth-order valence-electron chi connectivity index (χ4n) is 1.36. The average Bonchev–Trinajstić information content (AvgIpc) is 2.36. The molecule has 0 aromatic heterocycles. The molecule has 0 aliphatic rings. The van der Waals surface area contributed by atoms with Crippen LogP contribution in [-0.4, -0.2) is 24.5 Å². The average molecular weight is 248 g/mol. The summed E-state index contributed by atoms with van der Waals surface area (Å²) in [5.41, 5.74) is 6.58. The number of carbonyl (C=O) groups is 1. The standard InChI is InChI=1S/C13H20N4O/c1-3-9-15-12(18)10(2)16-13(14)17-11-7-5-4-6-8-11/h4-8,10H,3,9H2,1-2H3,(H,15,18)(H3,14,16,17). The summed E-state index contributed by atoms with van der Waals surface area (Å²) in [6.07, 6.45) is 0.903. The molecule has 18 heavy (non-hydrogen) atoms. The van der Waals surface area contributed by atoms with Gasteiger partial charge in [-0.3, -0.25) is 4.79 Å². The predicted molar refractivity (Wildman–Crippen MR) is 74.4 cm³/mol. The van der Waals surface area contributed by atoms with Crippen LogP contribution in [0.1, 0.15) is 20.3 Å². The number of amides is 1. The molecule has 0 radical (unpaired) electrons. The number of hydrogen-bond acceptors (Lipinski definition) is 2. The zero-order chi connectivity index (χ0) is 13.4. The molecule has 0 aliphatic heterocycles. The number of rotatable bonds is 5. The van der Waals surface area contributed by atoms with Crippen LogP contribution in [0.4, 0.5) is 5.69 Å². The Bertz CT molecular complexity index is 403. The van der Waals surface area contributed by atoms with E-state index >= 15 is 0 Å². The van der Waals surface area contributed by atoms with Gasteiger partial charge in [0.05, 0.1) is 0 Å². The summed E-state index contributed by atoms with van der Waals surface area (Å²) in [5, 5.41) is 5.70.